The lowest BCUT2D eigenvalue weighted by Crippen LogP contribution is -2.01. The SMILES string of the molecule is O=C(Pc1cccc(CCl)c1)c1ccccc1. The highest BCUT2D eigenvalue weighted by atomic mass is 35.5. The zero-order valence-corrected chi connectivity index (χ0v) is 10.9. The molecule has 0 amide bonds. The number of rotatable bonds is 4. The first-order chi connectivity index (χ1) is 8.29. The number of benzene rings is 2. The Bertz CT molecular complexity index is 511. The van der Waals surface area contributed by atoms with Crippen LogP contribution in [0.1, 0.15) is 15.9 Å². The average molecular weight is 263 g/mol. The van der Waals surface area contributed by atoms with Gasteiger partial charge in [0.1, 0.15) is 0 Å². The molecule has 0 aromatic heterocycles. The summed E-state index contributed by atoms with van der Waals surface area (Å²) in [6.07, 6.45) is 0. The molecule has 2 aromatic carbocycles. The molecule has 86 valence electrons. The number of hydrogen-bond acceptors (Lipinski definition) is 1. The minimum Gasteiger partial charge on any atom is -0.289 e. The van der Waals surface area contributed by atoms with Crippen molar-refractivity contribution in [1.82, 2.24) is 0 Å². The van der Waals surface area contributed by atoms with Crippen molar-refractivity contribution in [3.63, 3.8) is 0 Å². The molecule has 1 unspecified atom stereocenters. The molecular formula is C14H12ClOP. The highest BCUT2D eigenvalue weighted by Gasteiger charge is 2.06. The summed E-state index contributed by atoms with van der Waals surface area (Å²) in [7, 11) is 0.158. The van der Waals surface area contributed by atoms with Crippen LogP contribution in [0.3, 0.4) is 0 Å². The van der Waals surface area contributed by atoms with Crippen LogP contribution in [0.25, 0.3) is 0 Å². The second kappa shape index (κ2) is 5.95. The van der Waals surface area contributed by atoms with Gasteiger partial charge in [0.15, 0.2) is 5.52 Å². The van der Waals surface area contributed by atoms with Crippen LogP contribution < -0.4 is 5.30 Å². The van der Waals surface area contributed by atoms with Gasteiger partial charge in [0.05, 0.1) is 0 Å². The molecule has 1 nitrogen and oxygen atoms in total. The number of alkyl halides is 1. The number of carbonyl (C=O) groups is 1. The van der Waals surface area contributed by atoms with Gasteiger partial charge in [-0.25, -0.2) is 0 Å². The van der Waals surface area contributed by atoms with E-state index >= 15 is 0 Å². The minimum atomic E-state index is 0.158. The third-order valence-electron chi connectivity index (χ3n) is 2.38. The molecule has 0 saturated carbocycles. The van der Waals surface area contributed by atoms with Gasteiger partial charge in [0, 0.05) is 11.4 Å². The van der Waals surface area contributed by atoms with Gasteiger partial charge in [-0.2, -0.15) is 0 Å². The molecule has 0 bridgehead atoms. The number of halogens is 1. The first-order valence-electron chi connectivity index (χ1n) is 5.31. The van der Waals surface area contributed by atoms with Crippen LogP contribution in [0, 0.1) is 0 Å². The third kappa shape index (κ3) is 3.39. The van der Waals surface area contributed by atoms with Gasteiger partial charge in [-0.05, 0) is 25.5 Å². The van der Waals surface area contributed by atoms with Gasteiger partial charge in [-0.1, -0.05) is 48.5 Å². The zero-order chi connectivity index (χ0) is 12.1. The molecule has 0 spiro atoms. The molecule has 0 saturated heterocycles. The van der Waals surface area contributed by atoms with Gasteiger partial charge in [-0.15, -0.1) is 11.6 Å². The Labute approximate surface area is 108 Å². The minimum absolute atomic E-state index is 0.158. The normalized spacial score (nSPS) is 10.9. The zero-order valence-electron chi connectivity index (χ0n) is 9.19. The predicted octanol–water partition coefficient (Wildman–Crippen LogP) is 3.57. The Balaban J connectivity index is 2.13. The maximum atomic E-state index is 12.0. The quantitative estimate of drug-likeness (QED) is 0.608. The maximum Gasteiger partial charge on any atom is 0.185 e. The molecule has 0 aliphatic carbocycles. The molecule has 2 rings (SSSR count). The summed E-state index contributed by atoms with van der Waals surface area (Å²) in [5.41, 5.74) is 1.98. The lowest BCUT2D eigenvalue weighted by molar-refractivity contribution is 0.108. The second-order valence-corrected chi connectivity index (χ2v) is 5.20. The maximum absolute atomic E-state index is 12.0. The van der Waals surface area contributed by atoms with E-state index in [9.17, 15) is 4.79 Å². The van der Waals surface area contributed by atoms with Gasteiger partial charge < -0.3 is 0 Å². The molecule has 0 radical (unpaired) electrons. The monoisotopic (exact) mass is 262 g/mol. The van der Waals surface area contributed by atoms with Crippen molar-refractivity contribution in [3.05, 3.63) is 65.7 Å². The van der Waals surface area contributed by atoms with Gasteiger partial charge in [0.25, 0.3) is 0 Å². The van der Waals surface area contributed by atoms with E-state index < -0.39 is 0 Å². The molecule has 0 aliphatic heterocycles. The van der Waals surface area contributed by atoms with E-state index in [1.54, 1.807) is 0 Å². The van der Waals surface area contributed by atoms with E-state index in [2.05, 4.69) is 0 Å². The highest BCUT2D eigenvalue weighted by molar-refractivity contribution is 7.66. The lowest BCUT2D eigenvalue weighted by Gasteiger charge is -2.03. The van der Waals surface area contributed by atoms with Crippen molar-refractivity contribution in [1.29, 1.82) is 0 Å². The lowest BCUT2D eigenvalue weighted by atomic mass is 10.2. The van der Waals surface area contributed by atoms with E-state index in [-0.39, 0.29) is 14.1 Å². The van der Waals surface area contributed by atoms with Crippen LogP contribution in [0.2, 0.25) is 0 Å². The molecule has 0 N–H and O–H groups in total. The summed E-state index contributed by atoms with van der Waals surface area (Å²) in [5, 5.41) is 1.04. The highest BCUT2D eigenvalue weighted by Crippen LogP contribution is 2.19. The van der Waals surface area contributed by atoms with Crippen molar-refractivity contribution in [3.8, 4) is 0 Å². The smallest absolute Gasteiger partial charge is 0.185 e. The molecule has 17 heavy (non-hydrogen) atoms. The van der Waals surface area contributed by atoms with Crippen LogP contribution in [0.5, 0.6) is 0 Å². The Hall–Kier alpha value is -1.17. The van der Waals surface area contributed by atoms with Crippen LogP contribution in [0.4, 0.5) is 0 Å². The molecular weight excluding hydrogens is 251 g/mol. The van der Waals surface area contributed by atoms with Crippen LogP contribution in [-0.2, 0) is 5.88 Å². The Morgan fingerprint density at radius 2 is 1.82 bits per heavy atom. The van der Waals surface area contributed by atoms with Crippen molar-refractivity contribution < 1.29 is 4.79 Å². The van der Waals surface area contributed by atoms with Gasteiger partial charge >= 0.3 is 0 Å². The molecule has 0 fully saturated rings. The summed E-state index contributed by atoms with van der Waals surface area (Å²) >= 11 is 5.77. The summed E-state index contributed by atoms with van der Waals surface area (Å²) in [6.45, 7) is 0. The summed E-state index contributed by atoms with van der Waals surface area (Å²) in [5.74, 6) is 0.484. The molecule has 0 heterocycles. The number of carbonyl (C=O) groups excluding carboxylic acids is 1. The Morgan fingerprint density at radius 1 is 1.06 bits per heavy atom. The first-order valence-corrected chi connectivity index (χ1v) is 6.84. The average Bonchev–Trinajstić information content (AvgIpc) is 2.40. The summed E-state index contributed by atoms with van der Waals surface area (Å²) in [4.78, 5) is 12.0. The summed E-state index contributed by atoms with van der Waals surface area (Å²) < 4.78 is 0. The van der Waals surface area contributed by atoms with Crippen LogP contribution >= 0.6 is 20.2 Å². The fourth-order valence-corrected chi connectivity index (χ4v) is 2.70. The predicted molar refractivity (Wildman–Crippen MR) is 74.7 cm³/mol. The van der Waals surface area contributed by atoms with E-state index in [0.717, 1.165) is 16.4 Å². The molecule has 3 heteroatoms. The van der Waals surface area contributed by atoms with Gasteiger partial charge in [0.2, 0.25) is 0 Å². The van der Waals surface area contributed by atoms with Gasteiger partial charge in [-0.3, -0.25) is 4.79 Å². The molecule has 1 atom stereocenters. The fraction of sp³-hybridized carbons (Fsp3) is 0.0714. The Morgan fingerprint density at radius 3 is 2.53 bits per heavy atom. The van der Waals surface area contributed by atoms with Crippen molar-refractivity contribution in [2.24, 2.45) is 0 Å². The largest absolute Gasteiger partial charge is 0.289 e. The van der Waals surface area contributed by atoms with E-state index in [0.29, 0.717) is 5.88 Å². The molecule has 0 aliphatic rings. The number of hydrogen-bond donors (Lipinski definition) is 0. The van der Waals surface area contributed by atoms with Crippen LogP contribution in [-0.4, -0.2) is 5.52 Å². The molecule has 2 aromatic rings. The topological polar surface area (TPSA) is 17.1 Å². The van der Waals surface area contributed by atoms with Crippen molar-refractivity contribution >= 4 is 31.0 Å². The first kappa shape index (κ1) is 12.3. The summed E-state index contributed by atoms with van der Waals surface area (Å²) in [6, 6.07) is 17.2. The van der Waals surface area contributed by atoms with Crippen molar-refractivity contribution in [2.75, 3.05) is 0 Å². The third-order valence-corrected chi connectivity index (χ3v) is 3.80. The Kier molecular flexibility index (Phi) is 4.30. The second-order valence-electron chi connectivity index (χ2n) is 3.65. The van der Waals surface area contributed by atoms with E-state index in [1.165, 1.54) is 0 Å². The van der Waals surface area contributed by atoms with Crippen LogP contribution in [0.15, 0.2) is 54.6 Å². The fourth-order valence-electron chi connectivity index (χ4n) is 1.52. The van der Waals surface area contributed by atoms with E-state index in [1.807, 2.05) is 54.6 Å². The standard InChI is InChI=1S/C14H12ClOP/c15-10-11-5-4-8-13(9-11)17-14(16)12-6-2-1-3-7-12/h1-9,17H,10H2. The van der Waals surface area contributed by atoms with Crippen molar-refractivity contribution in [2.45, 2.75) is 5.88 Å². The van der Waals surface area contributed by atoms with E-state index in [4.69, 9.17) is 11.6 Å².